The molecule has 38 heavy (non-hydrogen) atoms. The van der Waals surface area contributed by atoms with Crippen molar-refractivity contribution in [1.29, 1.82) is 0 Å². The lowest BCUT2D eigenvalue weighted by Crippen LogP contribution is -2.30. The van der Waals surface area contributed by atoms with Gasteiger partial charge in [0.1, 0.15) is 24.1 Å². The van der Waals surface area contributed by atoms with Crippen molar-refractivity contribution in [3.8, 4) is 17.2 Å². The van der Waals surface area contributed by atoms with Crippen LogP contribution in [0.3, 0.4) is 0 Å². The molecule has 0 saturated carbocycles. The third kappa shape index (κ3) is 5.07. The Morgan fingerprint density at radius 1 is 0.974 bits per heavy atom. The standard InChI is InChI=1S/C29H29ClN4O3S/c1-19-7-13-25(33(19)20-8-11-22(36-3)12-9-20)28-27(24-6-4-5-15-31-24)32-29(38)34(28)21-10-14-26(23(30)18-21)37-17-16-35-2/h4-15,18,27-28H,16-17H2,1-3H3,(H,32,38)/t27-,28-/m1/s1. The summed E-state index contributed by atoms with van der Waals surface area (Å²) in [7, 11) is 3.30. The second-order valence-corrected chi connectivity index (χ2v) is 9.68. The zero-order chi connectivity index (χ0) is 26.6. The number of rotatable bonds is 9. The summed E-state index contributed by atoms with van der Waals surface area (Å²) in [6, 6.07) is 23.6. The first-order valence-corrected chi connectivity index (χ1v) is 13.0. The summed E-state index contributed by atoms with van der Waals surface area (Å²) in [4.78, 5) is 6.78. The van der Waals surface area contributed by atoms with Gasteiger partial charge in [-0.15, -0.1) is 0 Å². The predicted molar refractivity (Wildman–Crippen MR) is 154 cm³/mol. The molecule has 0 radical (unpaired) electrons. The molecule has 2 aromatic carbocycles. The van der Waals surface area contributed by atoms with Crippen molar-refractivity contribution < 1.29 is 14.2 Å². The Hall–Kier alpha value is -3.59. The number of hydrogen-bond acceptors (Lipinski definition) is 5. The van der Waals surface area contributed by atoms with Crippen LogP contribution >= 0.6 is 23.8 Å². The molecule has 1 aliphatic rings. The summed E-state index contributed by atoms with van der Waals surface area (Å²) < 4.78 is 18.5. The van der Waals surface area contributed by atoms with Gasteiger partial charge in [-0.1, -0.05) is 17.7 Å². The first kappa shape index (κ1) is 26.0. The number of pyridine rings is 1. The molecule has 4 aromatic rings. The zero-order valence-electron chi connectivity index (χ0n) is 21.4. The monoisotopic (exact) mass is 548 g/mol. The maximum Gasteiger partial charge on any atom is 0.174 e. The van der Waals surface area contributed by atoms with Gasteiger partial charge in [0.05, 0.1) is 30.5 Å². The van der Waals surface area contributed by atoms with Crippen LogP contribution in [-0.2, 0) is 4.74 Å². The van der Waals surface area contributed by atoms with Crippen molar-refractivity contribution in [3.63, 3.8) is 0 Å². The van der Waals surface area contributed by atoms with Crippen molar-refractivity contribution in [2.45, 2.75) is 19.0 Å². The Morgan fingerprint density at radius 3 is 2.45 bits per heavy atom. The maximum atomic E-state index is 6.66. The van der Waals surface area contributed by atoms with Crippen LogP contribution in [-0.4, -0.2) is 42.1 Å². The zero-order valence-corrected chi connectivity index (χ0v) is 23.0. The second-order valence-electron chi connectivity index (χ2n) is 8.89. The molecule has 0 spiro atoms. The Labute approximate surface area is 232 Å². The summed E-state index contributed by atoms with van der Waals surface area (Å²) in [5.41, 5.74) is 4.94. The van der Waals surface area contributed by atoms with Crippen molar-refractivity contribution in [2.75, 3.05) is 32.3 Å². The number of benzene rings is 2. The summed E-state index contributed by atoms with van der Waals surface area (Å²) in [6.45, 7) is 2.99. The summed E-state index contributed by atoms with van der Waals surface area (Å²) in [5, 5.41) is 4.62. The number of nitrogens with one attached hydrogen (secondary N) is 1. The molecule has 1 fully saturated rings. The fourth-order valence-electron chi connectivity index (χ4n) is 4.80. The minimum absolute atomic E-state index is 0.189. The van der Waals surface area contributed by atoms with Crippen LogP contribution < -0.4 is 19.7 Å². The van der Waals surface area contributed by atoms with Crippen LogP contribution in [0.4, 0.5) is 5.69 Å². The van der Waals surface area contributed by atoms with Crippen molar-refractivity contribution in [1.82, 2.24) is 14.9 Å². The van der Waals surface area contributed by atoms with E-state index in [0.717, 1.165) is 34.2 Å². The van der Waals surface area contributed by atoms with E-state index in [9.17, 15) is 0 Å². The van der Waals surface area contributed by atoms with Crippen LogP contribution in [0.25, 0.3) is 5.69 Å². The second kappa shape index (κ2) is 11.4. The fraction of sp³-hybridized carbons (Fsp3) is 0.241. The third-order valence-electron chi connectivity index (χ3n) is 6.58. The van der Waals surface area contributed by atoms with Crippen LogP contribution in [0.1, 0.15) is 29.2 Å². The minimum atomic E-state index is -0.204. The number of halogens is 1. The molecule has 0 amide bonds. The number of nitrogens with zero attached hydrogens (tertiary/aromatic N) is 3. The molecular weight excluding hydrogens is 520 g/mol. The van der Waals surface area contributed by atoms with E-state index in [2.05, 4.69) is 51.0 Å². The smallest absolute Gasteiger partial charge is 0.174 e. The van der Waals surface area contributed by atoms with E-state index in [1.807, 2.05) is 48.5 Å². The van der Waals surface area contributed by atoms with Crippen LogP contribution in [0.5, 0.6) is 11.5 Å². The third-order valence-corrected chi connectivity index (χ3v) is 7.19. The molecule has 1 aliphatic heterocycles. The van der Waals surface area contributed by atoms with Crippen molar-refractivity contribution in [3.05, 3.63) is 101 Å². The molecule has 2 atom stereocenters. The van der Waals surface area contributed by atoms with Gasteiger partial charge >= 0.3 is 0 Å². The summed E-state index contributed by atoms with van der Waals surface area (Å²) >= 11 is 12.6. The molecule has 1 saturated heterocycles. The number of aromatic nitrogens is 2. The van der Waals surface area contributed by atoms with E-state index in [1.54, 1.807) is 20.4 Å². The molecule has 2 aromatic heterocycles. The Balaban J connectivity index is 1.60. The SMILES string of the molecule is COCCOc1ccc(N2C(=S)N[C@H](c3ccccn3)[C@H]2c2ccc(C)n2-c2ccc(OC)cc2)cc1Cl. The molecule has 0 bridgehead atoms. The molecule has 9 heteroatoms. The number of anilines is 1. The highest BCUT2D eigenvalue weighted by Crippen LogP contribution is 2.44. The van der Waals surface area contributed by atoms with E-state index in [-0.39, 0.29) is 12.1 Å². The normalized spacial score (nSPS) is 16.9. The van der Waals surface area contributed by atoms with Gasteiger partial charge in [-0.3, -0.25) is 4.98 Å². The van der Waals surface area contributed by atoms with Gasteiger partial charge in [-0.05, 0) is 85.9 Å². The first-order valence-electron chi connectivity index (χ1n) is 12.3. The number of hydrogen-bond donors (Lipinski definition) is 1. The number of thiocarbonyl (C=S) groups is 1. The lowest BCUT2D eigenvalue weighted by atomic mass is 10.0. The van der Waals surface area contributed by atoms with Gasteiger partial charge in [0.15, 0.2) is 5.11 Å². The highest BCUT2D eigenvalue weighted by atomic mass is 35.5. The van der Waals surface area contributed by atoms with E-state index in [1.165, 1.54) is 0 Å². The van der Waals surface area contributed by atoms with Crippen LogP contribution in [0, 0.1) is 6.92 Å². The Morgan fingerprint density at radius 2 is 1.76 bits per heavy atom. The predicted octanol–water partition coefficient (Wildman–Crippen LogP) is 6.05. The number of ether oxygens (including phenoxy) is 3. The minimum Gasteiger partial charge on any atom is -0.497 e. The van der Waals surface area contributed by atoms with E-state index in [0.29, 0.717) is 29.1 Å². The molecule has 0 unspecified atom stereocenters. The quantitative estimate of drug-likeness (QED) is 0.202. The van der Waals surface area contributed by atoms with E-state index < -0.39 is 0 Å². The van der Waals surface area contributed by atoms with Gasteiger partial charge < -0.3 is 29.0 Å². The molecule has 0 aliphatic carbocycles. The van der Waals surface area contributed by atoms with Gasteiger partial charge in [0.2, 0.25) is 0 Å². The fourth-order valence-corrected chi connectivity index (χ4v) is 5.37. The number of aryl methyl sites for hydroxylation is 1. The topological polar surface area (TPSA) is 60.8 Å². The molecule has 7 nitrogen and oxygen atoms in total. The van der Waals surface area contributed by atoms with Crippen molar-refractivity contribution in [2.24, 2.45) is 0 Å². The largest absolute Gasteiger partial charge is 0.497 e. The Bertz CT molecular complexity index is 1410. The highest BCUT2D eigenvalue weighted by molar-refractivity contribution is 7.80. The van der Waals surface area contributed by atoms with Gasteiger partial charge in [-0.2, -0.15) is 0 Å². The first-order chi connectivity index (χ1) is 18.5. The summed E-state index contributed by atoms with van der Waals surface area (Å²) in [5.74, 6) is 1.40. The van der Waals surface area contributed by atoms with Crippen molar-refractivity contribution >= 4 is 34.6 Å². The maximum absolute atomic E-state index is 6.66. The lowest BCUT2D eigenvalue weighted by molar-refractivity contribution is 0.146. The molecule has 5 rings (SSSR count). The van der Waals surface area contributed by atoms with E-state index in [4.69, 9.17) is 38.0 Å². The molecule has 3 heterocycles. The lowest BCUT2D eigenvalue weighted by Gasteiger charge is -2.29. The molecule has 196 valence electrons. The van der Waals surface area contributed by atoms with Crippen LogP contribution in [0.15, 0.2) is 79.0 Å². The van der Waals surface area contributed by atoms with Gasteiger partial charge in [-0.25, -0.2) is 0 Å². The van der Waals surface area contributed by atoms with Crippen LogP contribution in [0.2, 0.25) is 5.02 Å². The van der Waals surface area contributed by atoms with E-state index >= 15 is 0 Å². The molecule has 1 N–H and O–H groups in total. The Kier molecular flexibility index (Phi) is 7.83. The van der Waals surface area contributed by atoms with Gasteiger partial charge in [0.25, 0.3) is 0 Å². The summed E-state index contributed by atoms with van der Waals surface area (Å²) in [6.07, 6.45) is 1.80. The average molecular weight is 549 g/mol. The number of methoxy groups -OCH3 is 2. The average Bonchev–Trinajstić information content (AvgIpc) is 3.49. The van der Waals surface area contributed by atoms with Gasteiger partial charge in [0, 0.05) is 36.1 Å². The highest BCUT2D eigenvalue weighted by Gasteiger charge is 2.42. The molecular formula is C29H29ClN4O3S.